The third-order valence-electron chi connectivity index (χ3n) is 3.55. The lowest BCUT2D eigenvalue weighted by molar-refractivity contribution is 0.200. The van der Waals surface area contributed by atoms with Crippen LogP contribution in [-0.2, 0) is 6.42 Å². The minimum absolute atomic E-state index is 0.333. The van der Waals surface area contributed by atoms with Crippen LogP contribution < -0.4 is 0 Å². The monoisotopic (exact) mass is 302 g/mol. The van der Waals surface area contributed by atoms with Gasteiger partial charge in [0.1, 0.15) is 5.82 Å². The summed E-state index contributed by atoms with van der Waals surface area (Å²) in [6.45, 7) is 0. The van der Waals surface area contributed by atoms with E-state index in [1.165, 1.54) is 44.2 Å². The maximum absolute atomic E-state index is 12.9. The molecule has 1 N–H and O–H groups in total. The van der Waals surface area contributed by atoms with Gasteiger partial charge in [0.2, 0.25) is 0 Å². The van der Waals surface area contributed by atoms with E-state index in [-0.39, 0.29) is 5.82 Å². The van der Waals surface area contributed by atoms with Crippen molar-refractivity contribution in [2.75, 3.05) is 5.75 Å². The predicted molar refractivity (Wildman–Crippen MR) is 80.5 cm³/mol. The molecular formula is C15H20ClFOS. The molecule has 0 spiro atoms. The van der Waals surface area contributed by atoms with E-state index >= 15 is 0 Å². The molecule has 0 heterocycles. The van der Waals surface area contributed by atoms with Crippen molar-refractivity contribution in [3.63, 3.8) is 0 Å². The fourth-order valence-electron chi connectivity index (χ4n) is 2.48. The minimum atomic E-state index is -0.408. The van der Waals surface area contributed by atoms with E-state index < -0.39 is 6.10 Å². The summed E-state index contributed by atoms with van der Waals surface area (Å²) in [4.78, 5) is 0. The third kappa shape index (κ3) is 4.97. The van der Waals surface area contributed by atoms with Gasteiger partial charge in [0.25, 0.3) is 0 Å². The van der Waals surface area contributed by atoms with Crippen LogP contribution in [0.25, 0.3) is 0 Å². The van der Waals surface area contributed by atoms with Crippen molar-refractivity contribution in [2.24, 2.45) is 0 Å². The molecule has 19 heavy (non-hydrogen) atoms. The quantitative estimate of drug-likeness (QED) is 0.867. The highest BCUT2D eigenvalue weighted by molar-refractivity contribution is 7.99. The molecule has 1 atom stereocenters. The normalized spacial score (nSPS) is 18.5. The first kappa shape index (κ1) is 15.1. The molecule has 0 aromatic heterocycles. The van der Waals surface area contributed by atoms with Gasteiger partial charge < -0.3 is 5.11 Å². The molecule has 1 aromatic carbocycles. The van der Waals surface area contributed by atoms with Crippen molar-refractivity contribution in [3.05, 3.63) is 34.6 Å². The largest absolute Gasteiger partial charge is 0.392 e. The van der Waals surface area contributed by atoms with Gasteiger partial charge in [-0.1, -0.05) is 36.9 Å². The van der Waals surface area contributed by atoms with Gasteiger partial charge in [0.15, 0.2) is 0 Å². The van der Waals surface area contributed by atoms with Crippen LogP contribution in [0.3, 0.4) is 0 Å². The second kappa shape index (κ2) is 7.51. The fourth-order valence-corrected chi connectivity index (χ4v) is 4.00. The average molecular weight is 303 g/mol. The first-order chi connectivity index (χ1) is 9.15. The Balaban J connectivity index is 1.78. The zero-order valence-electron chi connectivity index (χ0n) is 10.9. The van der Waals surface area contributed by atoms with Crippen molar-refractivity contribution in [1.82, 2.24) is 0 Å². The van der Waals surface area contributed by atoms with Crippen molar-refractivity contribution in [3.8, 4) is 0 Å². The van der Waals surface area contributed by atoms with Gasteiger partial charge in [0, 0.05) is 22.4 Å². The maximum atomic E-state index is 12.9. The lowest BCUT2D eigenvalue weighted by atomic mass is 10.0. The minimum Gasteiger partial charge on any atom is -0.392 e. The highest BCUT2D eigenvalue weighted by Crippen LogP contribution is 2.29. The van der Waals surface area contributed by atoms with Crippen LogP contribution in [0.15, 0.2) is 18.2 Å². The van der Waals surface area contributed by atoms with Crippen LogP contribution in [0.1, 0.15) is 37.7 Å². The molecule has 1 aliphatic rings. The molecule has 0 radical (unpaired) electrons. The summed E-state index contributed by atoms with van der Waals surface area (Å²) in [5, 5.41) is 11.2. The number of aliphatic hydroxyl groups excluding tert-OH is 1. The van der Waals surface area contributed by atoms with Crippen molar-refractivity contribution in [2.45, 2.75) is 49.9 Å². The number of hydrogen-bond acceptors (Lipinski definition) is 2. The number of aliphatic hydroxyl groups is 1. The lowest BCUT2D eigenvalue weighted by Gasteiger charge is -2.22. The molecular weight excluding hydrogens is 283 g/mol. The Hall–Kier alpha value is -0.250. The molecule has 106 valence electrons. The molecule has 1 fully saturated rings. The molecule has 0 amide bonds. The lowest BCUT2D eigenvalue weighted by Crippen LogP contribution is -2.18. The van der Waals surface area contributed by atoms with E-state index in [0.29, 0.717) is 16.7 Å². The fraction of sp³-hybridized carbons (Fsp3) is 0.600. The predicted octanol–water partition coefficient (Wildman–Crippen LogP) is 4.45. The van der Waals surface area contributed by atoms with Gasteiger partial charge in [-0.15, -0.1) is 0 Å². The van der Waals surface area contributed by atoms with E-state index in [1.807, 2.05) is 11.8 Å². The van der Waals surface area contributed by atoms with Crippen molar-refractivity contribution < 1.29 is 9.50 Å². The van der Waals surface area contributed by atoms with E-state index in [2.05, 4.69) is 0 Å². The molecule has 1 aromatic rings. The number of thioether (sulfide) groups is 1. The van der Waals surface area contributed by atoms with E-state index in [9.17, 15) is 9.50 Å². The zero-order valence-corrected chi connectivity index (χ0v) is 12.5. The Kier molecular flexibility index (Phi) is 5.99. The summed E-state index contributed by atoms with van der Waals surface area (Å²) in [5.74, 6) is 0.401. The van der Waals surface area contributed by atoms with Gasteiger partial charge in [-0.3, -0.25) is 0 Å². The average Bonchev–Trinajstić information content (AvgIpc) is 2.41. The van der Waals surface area contributed by atoms with Crippen molar-refractivity contribution >= 4 is 23.4 Å². The summed E-state index contributed by atoms with van der Waals surface area (Å²) in [7, 11) is 0. The number of rotatable bonds is 5. The summed E-state index contributed by atoms with van der Waals surface area (Å²) in [5.41, 5.74) is 0.819. The Morgan fingerprint density at radius 2 is 2.05 bits per heavy atom. The number of benzene rings is 1. The summed E-state index contributed by atoms with van der Waals surface area (Å²) >= 11 is 7.83. The summed E-state index contributed by atoms with van der Waals surface area (Å²) < 4.78 is 12.9. The van der Waals surface area contributed by atoms with E-state index in [1.54, 1.807) is 6.07 Å². The molecule has 4 heteroatoms. The Morgan fingerprint density at radius 3 is 2.74 bits per heavy atom. The molecule has 1 saturated carbocycles. The SMILES string of the molecule is OC(CSC1CCCCC1)Cc1ccc(F)cc1Cl. The number of hydrogen-bond donors (Lipinski definition) is 1. The smallest absolute Gasteiger partial charge is 0.124 e. The van der Waals surface area contributed by atoms with Crippen LogP contribution in [0, 0.1) is 5.82 Å². The highest BCUT2D eigenvalue weighted by atomic mass is 35.5. The van der Waals surface area contributed by atoms with Crippen LogP contribution in [-0.4, -0.2) is 22.2 Å². The van der Waals surface area contributed by atoms with E-state index in [0.717, 1.165) is 11.3 Å². The molecule has 1 nitrogen and oxygen atoms in total. The molecule has 2 rings (SSSR count). The first-order valence-electron chi connectivity index (χ1n) is 6.89. The van der Waals surface area contributed by atoms with Gasteiger partial charge >= 0.3 is 0 Å². The van der Waals surface area contributed by atoms with Gasteiger partial charge in [-0.25, -0.2) is 4.39 Å². The maximum Gasteiger partial charge on any atom is 0.124 e. The molecule has 1 aliphatic carbocycles. The zero-order chi connectivity index (χ0) is 13.7. The molecule has 0 bridgehead atoms. The Labute approximate surface area is 123 Å². The molecule has 0 aliphatic heterocycles. The summed E-state index contributed by atoms with van der Waals surface area (Å²) in [6, 6.07) is 4.35. The van der Waals surface area contributed by atoms with Crippen LogP contribution in [0.4, 0.5) is 4.39 Å². The van der Waals surface area contributed by atoms with Crippen LogP contribution in [0.5, 0.6) is 0 Å². The third-order valence-corrected chi connectivity index (χ3v) is 5.42. The Morgan fingerprint density at radius 1 is 1.32 bits per heavy atom. The van der Waals surface area contributed by atoms with Gasteiger partial charge in [-0.2, -0.15) is 11.8 Å². The van der Waals surface area contributed by atoms with Gasteiger partial charge in [-0.05, 0) is 30.5 Å². The van der Waals surface area contributed by atoms with Gasteiger partial charge in [0.05, 0.1) is 6.10 Å². The standard InChI is InChI=1S/C15H20ClFOS/c16-15-9-12(17)7-6-11(15)8-13(18)10-19-14-4-2-1-3-5-14/h6-7,9,13-14,18H,1-5,8,10H2. The highest BCUT2D eigenvalue weighted by Gasteiger charge is 2.16. The van der Waals surface area contributed by atoms with Crippen LogP contribution in [0.2, 0.25) is 5.02 Å². The van der Waals surface area contributed by atoms with E-state index in [4.69, 9.17) is 11.6 Å². The topological polar surface area (TPSA) is 20.2 Å². The first-order valence-corrected chi connectivity index (χ1v) is 8.31. The van der Waals surface area contributed by atoms with Crippen LogP contribution >= 0.6 is 23.4 Å². The van der Waals surface area contributed by atoms with Crippen molar-refractivity contribution in [1.29, 1.82) is 0 Å². The Bertz CT molecular complexity index is 407. The second-order valence-electron chi connectivity index (χ2n) is 5.19. The summed E-state index contributed by atoms with van der Waals surface area (Å²) in [6.07, 6.45) is 6.62. The molecule has 0 saturated heterocycles. The number of halogens is 2. The molecule has 1 unspecified atom stereocenters. The second-order valence-corrected chi connectivity index (χ2v) is 6.93.